The Morgan fingerprint density at radius 1 is 1.20 bits per heavy atom. The van der Waals surface area contributed by atoms with E-state index in [1.165, 1.54) is 0 Å². The summed E-state index contributed by atoms with van der Waals surface area (Å²) in [6, 6.07) is 0. The zero-order valence-electron chi connectivity index (χ0n) is 12.5. The lowest BCUT2D eigenvalue weighted by molar-refractivity contribution is 0.0666. The van der Waals surface area contributed by atoms with Crippen molar-refractivity contribution in [1.29, 1.82) is 0 Å². The van der Waals surface area contributed by atoms with Crippen LogP contribution in [0, 0.1) is 25.7 Å². The third kappa shape index (κ3) is 2.92. The average molecular weight is 278 g/mol. The van der Waals surface area contributed by atoms with E-state index in [1.54, 1.807) is 13.8 Å². The molecule has 0 aromatic carbocycles. The topological polar surface area (TPSA) is 72.3 Å². The highest BCUT2D eigenvalue weighted by Gasteiger charge is 2.28. The second-order valence-electron chi connectivity index (χ2n) is 5.90. The first kappa shape index (κ1) is 14.8. The molecule has 0 bridgehead atoms. The first-order valence-corrected chi connectivity index (χ1v) is 7.14. The number of hydrogen-bond acceptors (Lipinski definition) is 4. The van der Waals surface area contributed by atoms with Crippen LogP contribution >= 0.6 is 0 Å². The summed E-state index contributed by atoms with van der Waals surface area (Å²) in [5.74, 6) is 0.432. The maximum Gasteiger partial charge on any atom is 0.341 e. The standard InChI is InChI=1S/C15H22N2O3/c1-8-5-6-12(7-9(8)2)20-14-13(15(18)19)10(3)11(4)16-17-14/h8-9,12H,5-7H2,1-4H3,(H,18,19). The minimum Gasteiger partial charge on any atom is -0.477 e. The number of ether oxygens (including phenoxy) is 1. The summed E-state index contributed by atoms with van der Waals surface area (Å²) in [5, 5.41) is 17.3. The highest BCUT2D eigenvalue weighted by molar-refractivity contribution is 5.92. The van der Waals surface area contributed by atoms with Gasteiger partial charge in [0.25, 0.3) is 0 Å². The van der Waals surface area contributed by atoms with Crippen LogP contribution in [-0.2, 0) is 0 Å². The second-order valence-corrected chi connectivity index (χ2v) is 5.90. The first-order chi connectivity index (χ1) is 9.40. The third-order valence-corrected chi connectivity index (χ3v) is 4.46. The quantitative estimate of drug-likeness (QED) is 0.920. The molecule has 5 heteroatoms. The van der Waals surface area contributed by atoms with Gasteiger partial charge in [-0.15, -0.1) is 5.10 Å². The molecule has 0 amide bonds. The fraction of sp³-hybridized carbons (Fsp3) is 0.667. The molecular weight excluding hydrogens is 256 g/mol. The molecule has 1 saturated carbocycles. The summed E-state index contributed by atoms with van der Waals surface area (Å²) >= 11 is 0. The van der Waals surface area contributed by atoms with Crippen molar-refractivity contribution < 1.29 is 14.6 Å². The van der Waals surface area contributed by atoms with E-state index in [2.05, 4.69) is 24.0 Å². The van der Waals surface area contributed by atoms with E-state index in [0.717, 1.165) is 19.3 Å². The van der Waals surface area contributed by atoms with Gasteiger partial charge in [0.2, 0.25) is 5.88 Å². The van der Waals surface area contributed by atoms with Crippen LogP contribution in [0.5, 0.6) is 5.88 Å². The molecule has 0 radical (unpaired) electrons. The van der Waals surface area contributed by atoms with Crippen molar-refractivity contribution in [3.8, 4) is 5.88 Å². The summed E-state index contributed by atoms with van der Waals surface area (Å²) in [4.78, 5) is 11.4. The fourth-order valence-electron chi connectivity index (χ4n) is 2.68. The Kier molecular flexibility index (Phi) is 4.26. The van der Waals surface area contributed by atoms with Gasteiger partial charge in [-0.05, 0) is 50.5 Å². The van der Waals surface area contributed by atoms with Gasteiger partial charge in [0.1, 0.15) is 11.7 Å². The van der Waals surface area contributed by atoms with Gasteiger partial charge in [0.05, 0.1) is 5.69 Å². The summed E-state index contributed by atoms with van der Waals surface area (Å²) < 4.78 is 5.85. The first-order valence-electron chi connectivity index (χ1n) is 7.14. The van der Waals surface area contributed by atoms with Crippen LogP contribution in [0.25, 0.3) is 0 Å². The van der Waals surface area contributed by atoms with Gasteiger partial charge in [0.15, 0.2) is 0 Å². The molecule has 0 aliphatic heterocycles. The molecule has 3 atom stereocenters. The Morgan fingerprint density at radius 2 is 1.90 bits per heavy atom. The van der Waals surface area contributed by atoms with Crippen molar-refractivity contribution in [2.45, 2.75) is 53.1 Å². The summed E-state index contributed by atoms with van der Waals surface area (Å²) in [5.41, 5.74) is 1.39. The number of rotatable bonds is 3. The van der Waals surface area contributed by atoms with E-state index < -0.39 is 5.97 Å². The van der Waals surface area contributed by atoms with Crippen LogP contribution in [0.2, 0.25) is 0 Å². The number of nitrogens with zero attached hydrogens (tertiary/aromatic N) is 2. The molecule has 0 spiro atoms. The SMILES string of the molecule is Cc1nnc(OC2CCC(C)C(C)C2)c(C(=O)O)c1C. The number of carbonyl (C=O) groups is 1. The minimum absolute atomic E-state index is 0.0377. The molecule has 1 aliphatic rings. The average Bonchev–Trinajstić information content (AvgIpc) is 2.38. The molecule has 1 aromatic rings. The summed E-state index contributed by atoms with van der Waals surface area (Å²) in [6.07, 6.45) is 3.02. The van der Waals surface area contributed by atoms with Crippen molar-refractivity contribution in [2.75, 3.05) is 0 Å². The number of aryl methyl sites for hydroxylation is 1. The molecule has 1 fully saturated rings. The van der Waals surface area contributed by atoms with Crippen LogP contribution in [-0.4, -0.2) is 27.4 Å². The van der Waals surface area contributed by atoms with Crippen LogP contribution in [0.3, 0.4) is 0 Å². The molecule has 5 nitrogen and oxygen atoms in total. The molecule has 1 aromatic heterocycles. The second kappa shape index (κ2) is 5.77. The Balaban J connectivity index is 2.22. The van der Waals surface area contributed by atoms with Gasteiger partial charge in [-0.3, -0.25) is 0 Å². The number of aromatic carboxylic acids is 1. The molecular formula is C15H22N2O3. The lowest BCUT2D eigenvalue weighted by Crippen LogP contribution is -2.29. The number of carboxylic acids is 1. The highest BCUT2D eigenvalue weighted by Crippen LogP contribution is 2.32. The Morgan fingerprint density at radius 3 is 2.50 bits per heavy atom. The van der Waals surface area contributed by atoms with E-state index in [1.807, 2.05) is 0 Å². The number of hydrogen-bond donors (Lipinski definition) is 1. The monoisotopic (exact) mass is 278 g/mol. The maximum atomic E-state index is 11.4. The molecule has 1 N–H and O–H groups in total. The normalized spacial score (nSPS) is 26.3. The summed E-state index contributed by atoms with van der Waals surface area (Å²) in [6.45, 7) is 7.96. The minimum atomic E-state index is -1.01. The Labute approximate surface area is 119 Å². The molecule has 2 rings (SSSR count). The number of carboxylic acid groups (broad SMARTS) is 1. The zero-order chi connectivity index (χ0) is 14.9. The van der Waals surface area contributed by atoms with Gasteiger partial charge in [0, 0.05) is 0 Å². The van der Waals surface area contributed by atoms with Crippen molar-refractivity contribution in [3.63, 3.8) is 0 Å². The maximum absolute atomic E-state index is 11.4. The zero-order valence-corrected chi connectivity index (χ0v) is 12.5. The smallest absolute Gasteiger partial charge is 0.341 e. The lowest BCUT2D eigenvalue weighted by atomic mass is 9.80. The van der Waals surface area contributed by atoms with E-state index >= 15 is 0 Å². The predicted octanol–water partition coefficient (Wildman–Crippen LogP) is 3.00. The molecule has 20 heavy (non-hydrogen) atoms. The van der Waals surface area contributed by atoms with E-state index in [-0.39, 0.29) is 17.5 Å². The van der Waals surface area contributed by atoms with Crippen LogP contribution < -0.4 is 4.74 Å². The van der Waals surface area contributed by atoms with Gasteiger partial charge >= 0.3 is 5.97 Å². The van der Waals surface area contributed by atoms with Crippen molar-refractivity contribution >= 4 is 5.97 Å². The molecule has 3 unspecified atom stereocenters. The third-order valence-electron chi connectivity index (χ3n) is 4.46. The van der Waals surface area contributed by atoms with Crippen molar-refractivity contribution in [1.82, 2.24) is 10.2 Å². The Hall–Kier alpha value is -1.65. The van der Waals surface area contributed by atoms with Gasteiger partial charge in [-0.1, -0.05) is 13.8 Å². The molecule has 110 valence electrons. The van der Waals surface area contributed by atoms with E-state index in [9.17, 15) is 9.90 Å². The summed E-state index contributed by atoms with van der Waals surface area (Å²) in [7, 11) is 0. The number of aromatic nitrogens is 2. The van der Waals surface area contributed by atoms with Crippen LogP contribution in [0.1, 0.15) is 54.7 Å². The molecule has 1 heterocycles. The van der Waals surface area contributed by atoms with E-state index in [4.69, 9.17) is 4.74 Å². The van der Waals surface area contributed by atoms with Gasteiger partial charge < -0.3 is 9.84 Å². The highest BCUT2D eigenvalue weighted by atomic mass is 16.5. The van der Waals surface area contributed by atoms with E-state index in [0.29, 0.717) is 23.1 Å². The fourth-order valence-corrected chi connectivity index (χ4v) is 2.68. The predicted molar refractivity (Wildman–Crippen MR) is 75.1 cm³/mol. The van der Waals surface area contributed by atoms with Crippen molar-refractivity contribution in [3.05, 3.63) is 16.8 Å². The Bertz CT molecular complexity index is 516. The van der Waals surface area contributed by atoms with Crippen LogP contribution in [0.15, 0.2) is 0 Å². The largest absolute Gasteiger partial charge is 0.477 e. The van der Waals surface area contributed by atoms with Crippen LogP contribution in [0.4, 0.5) is 0 Å². The molecule has 1 aliphatic carbocycles. The van der Waals surface area contributed by atoms with Gasteiger partial charge in [-0.25, -0.2) is 4.79 Å². The van der Waals surface area contributed by atoms with Gasteiger partial charge in [-0.2, -0.15) is 5.10 Å². The lowest BCUT2D eigenvalue weighted by Gasteiger charge is -2.32. The molecule has 0 saturated heterocycles. The van der Waals surface area contributed by atoms with Crippen molar-refractivity contribution in [2.24, 2.45) is 11.8 Å².